The zero-order chi connectivity index (χ0) is 44.9. The smallest absolute Gasteiger partial charge is 0.259 e. The van der Waals surface area contributed by atoms with Crippen molar-refractivity contribution in [3.05, 3.63) is 169 Å². The van der Waals surface area contributed by atoms with Crippen molar-refractivity contribution in [2.24, 2.45) is 20.5 Å². The maximum Gasteiger partial charge on any atom is 0.259 e. The van der Waals surface area contributed by atoms with Gasteiger partial charge >= 0.3 is 0 Å². The van der Waals surface area contributed by atoms with Crippen LogP contribution in [-0.2, 0) is 0 Å². The van der Waals surface area contributed by atoms with Crippen LogP contribution in [0.1, 0.15) is 20.7 Å². The molecule has 0 saturated heterocycles. The van der Waals surface area contributed by atoms with E-state index in [2.05, 4.69) is 41.3 Å². The number of rotatable bonds is 12. The van der Waals surface area contributed by atoms with E-state index >= 15 is 0 Å². The van der Waals surface area contributed by atoms with Crippen molar-refractivity contribution >= 4 is 67.5 Å². The Morgan fingerprint density at radius 3 is 1.31 bits per heavy atom. The van der Waals surface area contributed by atoms with Gasteiger partial charge in [-0.2, -0.15) is 10.2 Å². The summed E-state index contributed by atoms with van der Waals surface area (Å²) in [6, 6.07) is 45.5. The molecule has 0 radical (unpaired) electrons. The number of phenols is 2. The summed E-state index contributed by atoms with van der Waals surface area (Å²) in [6.45, 7) is 0. The first-order valence-electron chi connectivity index (χ1n) is 20.0. The normalized spacial score (nSPS) is 11.4. The monoisotopic (exact) mass is 860 g/mol. The number of amides is 2. The number of hydrogen-bond donors (Lipinski definition) is 4. The van der Waals surface area contributed by atoms with Crippen LogP contribution in [0.3, 0.4) is 0 Å². The Balaban J connectivity index is 0.905. The molecule has 0 aliphatic rings. The fourth-order valence-corrected chi connectivity index (χ4v) is 7.07. The van der Waals surface area contributed by atoms with Gasteiger partial charge < -0.3 is 34.7 Å². The first-order valence-corrected chi connectivity index (χ1v) is 20.0. The van der Waals surface area contributed by atoms with E-state index in [-0.39, 0.29) is 45.8 Å². The number of fused-ring (bicyclic) bond motifs is 2. The third-order valence-corrected chi connectivity index (χ3v) is 10.4. The topological polar surface area (TPSA) is 205 Å². The zero-order valence-electron chi connectivity index (χ0n) is 34.6. The molecule has 1 heterocycles. The van der Waals surface area contributed by atoms with Gasteiger partial charge in [-0.05, 0) is 95.7 Å². The molecule has 0 saturated carbocycles. The van der Waals surface area contributed by atoms with Crippen LogP contribution in [0.2, 0.25) is 0 Å². The molecule has 0 aliphatic carbocycles. The predicted octanol–water partition coefficient (Wildman–Crippen LogP) is 12.5. The van der Waals surface area contributed by atoms with Crippen LogP contribution < -0.4 is 20.1 Å². The number of nitrogens with one attached hydrogen (secondary N) is 2. The van der Waals surface area contributed by atoms with Crippen LogP contribution in [0.25, 0.3) is 44.5 Å². The highest BCUT2D eigenvalue weighted by Crippen LogP contribution is 2.42. The molecule has 0 spiro atoms. The van der Waals surface area contributed by atoms with Crippen LogP contribution in [0.15, 0.2) is 183 Å². The van der Waals surface area contributed by atoms with Crippen molar-refractivity contribution in [3.63, 3.8) is 0 Å². The fraction of sp³-hybridized carbons (Fsp3) is 0.0400. The van der Waals surface area contributed by atoms with Crippen LogP contribution in [-0.4, -0.2) is 46.4 Å². The largest absolute Gasteiger partial charge is 0.505 e. The second-order valence-corrected chi connectivity index (χ2v) is 14.4. The van der Waals surface area contributed by atoms with Gasteiger partial charge in [0.05, 0.1) is 48.1 Å². The van der Waals surface area contributed by atoms with E-state index in [1.54, 1.807) is 121 Å². The second kappa shape index (κ2) is 18.0. The zero-order valence-corrected chi connectivity index (χ0v) is 34.6. The molecular formula is C50H36N8O7. The lowest BCUT2D eigenvalue weighted by molar-refractivity contribution is 0.101. The highest BCUT2D eigenvalue weighted by molar-refractivity contribution is 6.13. The van der Waals surface area contributed by atoms with Crippen molar-refractivity contribution < 1.29 is 33.7 Å². The minimum atomic E-state index is -0.541. The molecule has 0 fully saturated rings. The number of carbonyl (C=O) groups excluding carboxylic acids is 2. The van der Waals surface area contributed by atoms with Gasteiger partial charge in [-0.15, -0.1) is 20.4 Å². The number of azo groups is 2. The first-order chi connectivity index (χ1) is 31.8. The number of benzene rings is 8. The lowest BCUT2D eigenvalue weighted by Gasteiger charge is -2.13. The number of anilines is 2. The SMILES string of the molecule is COc1ccccc1NC(=O)c1cc2ccccc2c(N=Nc2ccc(-c3nnc(-c4ccc(N=Nc5c(O)c(C(=O)Nc6ccccc6OC)cc6ccccc56)cc4)o3)cc2)c1O. The molecule has 9 rings (SSSR count). The fourth-order valence-electron chi connectivity index (χ4n) is 7.07. The molecule has 1 aromatic heterocycles. The van der Waals surface area contributed by atoms with Gasteiger partial charge in [0.2, 0.25) is 11.8 Å². The maximum absolute atomic E-state index is 13.4. The number of aromatic hydroxyl groups is 2. The number of methoxy groups -OCH3 is 2. The molecule has 2 amide bonds. The standard InChI is InChI=1S/C50H36N8O7/c1-63-41-17-9-7-15-39(41)51-47(61)37-27-31-11-3-5-13-35(31)43(45(37)59)55-53-33-23-19-29(20-24-33)49-57-58-50(65-49)30-21-25-34(26-22-30)54-56-44-36-14-6-4-12-32(36)28-38(46(44)60)48(62)52-40-16-8-10-18-42(40)64-2/h3-28,59-60H,1-2H3,(H,51,61)(H,52,62). The second-order valence-electron chi connectivity index (χ2n) is 14.4. The number of phenolic OH excluding ortho intramolecular Hbond substituents is 2. The molecule has 0 unspecified atom stereocenters. The lowest BCUT2D eigenvalue weighted by Crippen LogP contribution is -2.13. The number of hydrogen-bond acceptors (Lipinski definition) is 13. The number of ether oxygens (including phenoxy) is 2. The van der Waals surface area contributed by atoms with Crippen LogP contribution in [0.5, 0.6) is 23.0 Å². The minimum absolute atomic E-state index is 0.0222. The Labute approximate surface area is 370 Å². The Bertz CT molecular complexity index is 3090. The van der Waals surface area contributed by atoms with Crippen molar-refractivity contribution in [2.75, 3.05) is 24.9 Å². The van der Waals surface area contributed by atoms with E-state index in [0.29, 0.717) is 66.9 Å². The molecular weight excluding hydrogens is 825 g/mol. The predicted molar refractivity (Wildman–Crippen MR) is 247 cm³/mol. The molecule has 8 aromatic carbocycles. The van der Waals surface area contributed by atoms with E-state index in [1.165, 1.54) is 14.2 Å². The summed E-state index contributed by atoms with van der Waals surface area (Å²) in [7, 11) is 3.02. The molecule has 15 nitrogen and oxygen atoms in total. The highest BCUT2D eigenvalue weighted by Gasteiger charge is 2.21. The molecule has 65 heavy (non-hydrogen) atoms. The number of carbonyl (C=O) groups is 2. The molecule has 9 aromatic rings. The first kappa shape index (κ1) is 41.1. The highest BCUT2D eigenvalue weighted by atomic mass is 16.5. The van der Waals surface area contributed by atoms with Gasteiger partial charge in [-0.25, -0.2) is 0 Å². The van der Waals surface area contributed by atoms with Crippen molar-refractivity contribution in [1.82, 2.24) is 10.2 Å². The summed E-state index contributed by atoms with van der Waals surface area (Å²) in [5, 5.41) is 56.9. The van der Waals surface area contributed by atoms with E-state index in [4.69, 9.17) is 13.9 Å². The summed E-state index contributed by atoms with van der Waals surface area (Å²) in [4.78, 5) is 26.8. The molecule has 4 N–H and O–H groups in total. The quantitative estimate of drug-likeness (QED) is 0.0861. The maximum atomic E-state index is 13.4. The summed E-state index contributed by atoms with van der Waals surface area (Å²) in [6.07, 6.45) is 0. The van der Waals surface area contributed by atoms with Crippen LogP contribution in [0, 0.1) is 0 Å². The summed E-state index contributed by atoms with van der Waals surface area (Å²) in [5.41, 5.74) is 3.41. The van der Waals surface area contributed by atoms with Crippen molar-refractivity contribution in [3.8, 4) is 45.9 Å². The van der Waals surface area contributed by atoms with Crippen LogP contribution in [0.4, 0.5) is 34.1 Å². The summed E-state index contributed by atoms with van der Waals surface area (Å²) >= 11 is 0. The summed E-state index contributed by atoms with van der Waals surface area (Å²) < 4.78 is 16.7. The van der Waals surface area contributed by atoms with Crippen molar-refractivity contribution in [2.45, 2.75) is 0 Å². The molecule has 0 bridgehead atoms. The summed E-state index contributed by atoms with van der Waals surface area (Å²) in [5.74, 6) is -0.248. The third-order valence-electron chi connectivity index (χ3n) is 10.4. The minimum Gasteiger partial charge on any atom is -0.505 e. The van der Waals surface area contributed by atoms with Crippen LogP contribution >= 0.6 is 0 Å². The van der Waals surface area contributed by atoms with E-state index in [9.17, 15) is 19.8 Å². The van der Waals surface area contributed by atoms with Gasteiger partial charge in [0.15, 0.2) is 11.5 Å². The number of aromatic nitrogens is 2. The van der Waals surface area contributed by atoms with Gasteiger partial charge in [-0.1, -0.05) is 72.8 Å². The lowest BCUT2D eigenvalue weighted by atomic mass is 10.0. The third kappa shape index (κ3) is 8.52. The van der Waals surface area contributed by atoms with Crippen molar-refractivity contribution in [1.29, 1.82) is 0 Å². The average molecular weight is 861 g/mol. The Morgan fingerprint density at radius 1 is 0.508 bits per heavy atom. The Kier molecular flexibility index (Phi) is 11.4. The van der Waals surface area contributed by atoms with Gasteiger partial charge in [0.1, 0.15) is 22.9 Å². The average Bonchev–Trinajstić information content (AvgIpc) is 3.84. The molecule has 15 heteroatoms. The van der Waals surface area contributed by atoms with Gasteiger partial charge in [0, 0.05) is 21.9 Å². The van der Waals surface area contributed by atoms with Gasteiger partial charge in [-0.3, -0.25) is 9.59 Å². The molecule has 0 atom stereocenters. The molecule has 318 valence electrons. The van der Waals surface area contributed by atoms with E-state index in [1.807, 2.05) is 36.4 Å². The Hall–Kier alpha value is -9.24. The molecule has 0 aliphatic heterocycles. The number of para-hydroxylation sites is 4. The van der Waals surface area contributed by atoms with Gasteiger partial charge in [0.25, 0.3) is 11.8 Å². The number of nitrogens with zero attached hydrogens (tertiary/aromatic N) is 6. The Morgan fingerprint density at radius 2 is 0.892 bits per heavy atom. The van der Waals surface area contributed by atoms with E-state index in [0.717, 1.165) is 0 Å². The van der Waals surface area contributed by atoms with E-state index < -0.39 is 11.8 Å².